The number of benzene rings is 2. The molecular weight excluding hydrogens is 1280 g/mol. The van der Waals surface area contributed by atoms with Gasteiger partial charge in [0.25, 0.3) is 5.91 Å². The van der Waals surface area contributed by atoms with E-state index in [1.165, 1.54) is 64.4 Å². The number of aliphatic hydroxyl groups is 1. The maximum absolute atomic E-state index is 14.5. The minimum absolute atomic E-state index is 0.0553. The number of methoxy groups -OCH3 is 2. The van der Waals surface area contributed by atoms with Crippen molar-refractivity contribution in [2.75, 3.05) is 62.3 Å². The minimum atomic E-state index is -1.91. The fraction of sp³-hybridized carbons (Fsp3) is 0.583. The van der Waals surface area contributed by atoms with Crippen molar-refractivity contribution in [3.63, 3.8) is 0 Å². The van der Waals surface area contributed by atoms with Crippen molar-refractivity contribution in [3.8, 4) is 5.75 Å². The third-order valence-corrected chi connectivity index (χ3v) is 17.7. The van der Waals surface area contributed by atoms with Crippen LogP contribution in [0.5, 0.6) is 5.75 Å². The lowest BCUT2D eigenvalue weighted by Gasteiger charge is -2.42. The molecule has 0 saturated carbocycles. The monoisotopic (exact) mass is 1360 g/mol. The first-order valence-corrected chi connectivity index (χ1v) is 31.4. The Labute approximate surface area is 529 Å². The SMILES string of the molecule is COc1cc2cc(c1Cl)N(C)C(=O)C[C@H](OC(=O)[C@H](C)N(C)C(=O)c1ccc(NC(=O)[C@H](CCCNC(N)=O)NC(=O)[C@@H](NC(=O)CCCCCOC(=O)C(CBr)CBr)C(C)C)cc1)[C@]1(C)O[C@H]1[C@H](C)[C@@H]1C[C@@](O)(NC(=O)O1)[C@H](OC)/C=C/C=C(\C)C2. The van der Waals surface area contributed by atoms with Gasteiger partial charge in [-0.05, 0) is 107 Å². The molecule has 27 heteroatoms. The molecule has 2 aromatic rings. The summed E-state index contributed by atoms with van der Waals surface area (Å²) >= 11 is 13.4. The molecule has 0 aliphatic carbocycles. The number of anilines is 2. The van der Waals surface area contributed by atoms with Gasteiger partial charge in [-0.25, -0.2) is 14.4 Å². The maximum atomic E-state index is 14.5. The average molecular weight is 1370 g/mol. The molecule has 2 fully saturated rings. The quantitative estimate of drug-likeness (QED) is 0.0187. The molecule has 480 valence electrons. The first-order chi connectivity index (χ1) is 41.1. The van der Waals surface area contributed by atoms with Crippen LogP contribution in [0.4, 0.5) is 21.0 Å². The van der Waals surface area contributed by atoms with Crippen molar-refractivity contribution < 1.29 is 76.7 Å². The van der Waals surface area contributed by atoms with Gasteiger partial charge in [0, 0.05) is 68.4 Å². The molecule has 0 unspecified atom stereocenters. The fourth-order valence-electron chi connectivity index (χ4n) is 10.2. The standard InChI is InChI=1S/C60H83Br2ClN8O16/c1-33(2)50(68-47(72)19-12-11-13-25-84-56(78)39(31-61)32-62)53(75)67-41(17-15-24-65-57(64)79)52(74)66-40-22-20-38(21-23-40)54(76)70(7)36(5)55(77)86-46-29-48(73)71(8)42-27-37(28-43(82-9)49(42)63)26-34(3)16-14-18-45(83-10)60(81)30-44(85-58(80)69-60)35(4)51-59(46,6)87-51/h14,16,18,20-23,27-28,33,35-36,39,41,44-46,50-51,81H,11-13,15,17,19,24-26,29-32H2,1-10H3,(H,66,74)(H,67,75)(H,68,72)(H,69,80)(H3,64,65,79)/b18-14+,34-16+/t35-,36+,41+,44+,45-,46+,50+,51+,59+,60+/m1/s1. The number of nitrogens with one attached hydrogen (secondary N) is 5. The molecule has 3 aliphatic heterocycles. The molecule has 8 amide bonds. The predicted octanol–water partition coefficient (Wildman–Crippen LogP) is 6.35. The highest BCUT2D eigenvalue weighted by molar-refractivity contribution is 9.09. The van der Waals surface area contributed by atoms with E-state index in [4.69, 9.17) is 45.8 Å². The van der Waals surface area contributed by atoms with Crippen LogP contribution in [-0.4, -0.2) is 170 Å². The summed E-state index contributed by atoms with van der Waals surface area (Å²) < 4.78 is 34.9. The second-order valence-electron chi connectivity index (χ2n) is 22.6. The zero-order valence-electron chi connectivity index (χ0n) is 50.8. The highest BCUT2D eigenvalue weighted by Crippen LogP contribution is 2.49. The highest BCUT2D eigenvalue weighted by atomic mass is 79.9. The van der Waals surface area contributed by atoms with E-state index in [0.29, 0.717) is 47.8 Å². The number of halogens is 3. The number of hydrogen-bond acceptors (Lipinski definition) is 16. The number of amides is 8. The lowest BCUT2D eigenvalue weighted by molar-refractivity contribution is -0.158. The van der Waals surface area contributed by atoms with E-state index < -0.39 is 108 Å². The van der Waals surface area contributed by atoms with Crippen molar-refractivity contribution in [2.45, 2.75) is 153 Å². The number of epoxide rings is 1. The zero-order chi connectivity index (χ0) is 64.5. The van der Waals surface area contributed by atoms with Gasteiger partial charge in [0.15, 0.2) is 5.72 Å². The Kier molecular flexibility index (Phi) is 26.9. The fourth-order valence-corrected chi connectivity index (χ4v) is 12.1. The third-order valence-electron chi connectivity index (χ3n) is 15.7. The molecule has 2 aromatic carbocycles. The molecular formula is C60H83Br2ClN8O16. The lowest BCUT2D eigenvalue weighted by Crippen LogP contribution is -2.63. The Hall–Kier alpha value is -6.32. The van der Waals surface area contributed by atoms with Gasteiger partial charge >= 0.3 is 24.1 Å². The first kappa shape index (κ1) is 71.4. The maximum Gasteiger partial charge on any atom is 0.409 e. The number of ether oxygens (including phenoxy) is 6. The number of carbonyl (C=O) groups is 9. The number of alkyl halides is 2. The van der Waals surface area contributed by atoms with Gasteiger partial charge in [0.1, 0.15) is 52.8 Å². The normalized spacial score (nSPS) is 24.1. The number of carbonyl (C=O) groups excluding carboxylic acids is 9. The van der Waals surface area contributed by atoms with Crippen LogP contribution >= 0.6 is 43.5 Å². The molecule has 8 N–H and O–H groups in total. The topological polar surface area (TPSA) is 325 Å². The Bertz CT molecular complexity index is 2860. The number of alkyl carbamates (subject to hydrolysis) is 1. The van der Waals surface area contributed by atoms with E-state index in [9.17, 15) is 48.3 Å². The average Bonchev–Trinajstić information content (AvgIpc) is 1.59. The summed E-state index contributed by atoms with van der Waals surface area (Å²) in [5.74, 6) is -4.99. The van der Waals surface area contributed by atoms with E-state index in [0.717, 1.165) is 16.0 Å². The summed E-state index contributed by atoms with van der Waals surface area (Å²) in [6.45, 7) is 10.6. The van der Waals surface area contributed by atoms with Crippen LogP contribution in [0, 0.1) is 17.8 Å². The van der Waals surface area contributed by atoms with Crippen LogP contribution in [-0.2, 0) is 58.9 Å². The number of rotatable bonds is 25. The molecule has 10 atom stereocenters. The van der Waals surface area contributed by atoms with Crippen molar-refractivity contribution in [1.29, 1.82) is 0 Å². The molecule has 0 spiro atoms. The number of allylic oxidation sites excluding steroid dienone is 3. The van der Waals surface area contributed by atoms with Crippen LogP contribution in [0.15, 0.2) is 60.2 Å². The summed E-state index contributed by atoms with van der Waals surface area (Å²) in [5, 5.41) is 26.3. The number of nitrogens with zero attached hydrogens (tertiary/aromatic N) is 2. The summed E-state index contributed by atoms with van der Waals surface area (Å²) in [5.41, 5.74) is 4.27. The van der Waals surface area contributed by atoms with Crippen LogP contribution in [0.3, 0.4) is 0 Å². The molecule has 0 aromatic heterocycles. The number of fused-ring (bicyclic) bond motifs is 5. The Morgan fingerprint density at radius 3 is 2.30 bits per heavy atom. The molecule has 3 aliphatic rings. The van der Waals surface area contributed by atoms with Crippen molar-refractivity contribution in [1.82, 2.24) is 26.2 Å². The second kappa shape index (κ2) is 32.8. The predicted molar refractivity (Wildman–Crippen MR) is 331 cm³/mol. The summed E-state index contributed by atoms with van der Waals surface area (Å²) in [4.78, 5) is 123. The Morgan fingerprint density at radius 1 is 0.977 bits per heavy atom. The van der Waals surface area contributed by atoms with Crippen molar-refractivity contribution >= 4 is 108 Å². The third kappa shape index (κ3) is 19.6. The number of likely N-dealkylation sites (N-methyl/N-ethyl adjacent to an activating group) is 1. The number of urea groups is 1. The highest BCUT2D eigenvalue weighted by Gasteiger charge is 2.64. The van der Waals surface area contributed by atoms with Crippen LogP contribution < -0.4 is 42.0 Å². The zero-order valence-corrected chi connectivity index (χ0v) is 54.8. The van der Waals surface area contributed by atoms with Crippen LogP contribution in [0.25, 0.3) is 0 Å². The number of unbranched alkanes of at least 4 members (excludes halogenated alkanes) is 2. The van der Waals surface area contributed by atoms with E-state index in [1.807, 2.05) is 13.0 Å². The Balaban J connectivity index is 1.30. The number of primary amides is 1. The number of hydrogen-bond donors (Lipinski definition) is 7. The molecule has 3 heterocycles. The number of esters is 2. The van der Waals surface area contributed by atoms with E-state index in [1.54, 1.807) is 52.0 Å². The van der Waals surface area contributed by atoms with Gasteiger partial charge in [-0.2, -0.15) is 0 Å². The van der Waals surface area contributed by atoms with E-state index in [-0.39, 0.29) is 78.8 Å². The number of nitrogens with two attached hydrogens (primary N) is 1. The van der Waals surface area contributed by atoms with Gasteiger partial charge in [0.2, 0.25) is 23.6 Å². The van der Waals surface area contributed by atoms with Gasteiger partial charge in [-0.1, -0.05) is 88.0 Å². The van der Waals surface area contributed by atoms with Gasteiger partial charge < -0.3 is 70.3 Å². The minimum Gasteiger partial charge on any atom is -0.495 e. The molecule has 5 rings (SSSR count). The second-order valence-corrected chi connectivity index (χ2v) is 24.3. The first-order valence-electron chi connectivity index (χ1n) is 28.8. The van der Waals surface area contributed by atoms with Gasteiger partial charge in [-0.3, -0.25) is 34.1 Å². The van der Waals surface area contributed by atoms with E-state index in [2.05, 4.69) is 58.4 Å². The molecule has 4 bridgehead atoms. The van der Waals surface area contributed by atoms with Crippen LogP contribution in [0.1, 0.15) is 109 Å². The smallest absolute Gasteiger partial charge is 0.409 e. The lowest BCUT2D eigenvalue weighted by atomic mass is 9.83. The van der Waals surface area contributed by atoms with Gasteiger partial charge in [-0.15, -0.1) is 0 Å². The largest absolute Gasteiger partial charge is 0.495 e. The van der Waals surface area contributed by atoms with Crippen LogP contribution in [0.2, 0.25) is 5.02 Å². The van der Waals surface area contributed by atoms with Gasteiger partial charge in [0.05, 0.1) is 37.8 Å². The van der Waals surface area contributed by atoms with E-state index >= 15 is 0 Å². The molecule has 87 heavy (non-hydrogen) atoms. The Morgan fingerprint density at radius 2 is 1.67 bits per heavy atom. The van der Waals surface area contributed by atoms with Crippen molar-refractivity contribution in [2.24, 2.45) is 23.5 Å². The van der Waals surface area contributed by atoms with Crippen molar-refractivity contribution in [3.05, 3.63) is 76.3 Å². The summed E-state index contributed by atoms with van der Waals surface area (Å²) in [6, 6.07) is 5.09. The molecule has 2 saturated heterocycles. The molecule has 24 nitrogen and oxygen atoms in total. The molecule has 0 radical (unpaired) electrons. The summed E-state index contributed by atoms with van der Waals surface area (Å²) in [7, 11) is 5.78. The summed E-state index contributed by atoms with van der Waals surface area (Å²) in [6.07, 6.45) is 2.08.